The van der Waals surface area contributed by atoms with Crippen molar-refractivity contribution in [3.63, 3.8) is 0 Å². The molecule has 0 saturated carbocycles. The van der Waals surface area contributed by atoms with Crippen LogP contribution >= 0.6 is 23.2 Å². The summed E-state index contributed by atoms with van der Waals surface area (Å²) >= 11 is 11.8. The molecule has 1 heterocycles. The molecule has 0 bridgehead atoms. The average Bonchev–Trinajstić information content (AvgIpc) is 2.80. The van der Waals surface area contributed by atoms with Crippen LogP contribution < -0.4 is 0 Å². The molecule has 122 valence electrons. The second kappa shape index (κ2) is 6.26. The van der Waals surface area contributed by atoms with Gasteiger partial charge in [0.25, 0.3) is 11.8 Å². The second-order valence-electron chi connectivity index (χ2n) is 5.20. The van der Waals surface area contributed by atoms with Crippen molar-refractivity contribution in [2.75, 3.05) is 7.11 Å². The largest absolute Gasteiger partial charge is 0.465 e. The Balaban J connectivity index is 1.91. The minimum absolute atomic E-state index is 0.0341. The van der Waals surface area contributed by atoms with Crippen molar-refractivity contribution in [1.29, 1.82) is 0 Å². The molecule has 0 fully saturated rings. The minimum atomic E-state index is -0.488. The van der Waals surface area contributed by atoms with Gasteiger partial charge in [-0.3, -0.25) is 14.5 Å². The van der Waals surface area contributed by atoms with Crippen LogP contribution in [0.1, 0.15) is 36.6 Å². The predicted molar refractivity (Wildman–Crippen MR) is 88.4 cm³/mol. The number of hydrogen-bond donors (Lipinski definition) is 0. The molecule has 0 N–H and O–H groups in total. The number of imide groups is 1. The van der Waals surface area contributed by atoms with E-state index in [0.717, 1.165) is 4.90 Å². The van der Waals surface area contributed by atoms with Crippen molar-refractivity contribution in [2.24, 2.45) is 0 Å². The van der Waals surface area contributed by atoms with E-state index in [9.17, 15) is 14.4 Å². The summed E-state index contributed by atoms with van der Waals surface area (Å²) < 4.78 is 4.66. The first-order valence-electron chi connectivity index (χ1n) is 6.95. The molecular formula is C17H11Cl2NO4. The number of rotatable bonds is 3. The van der Waals surface area contributed by atoms with E-state index in [1.165, 1.54) is 19.2 Å². The Hall–Kier alpha value is -2.37. The van der Waals surface area contributed by atoms with Gasteiger partial charge in [-0.15, -0.1) is 0 Å². The van der Waals surface area contributed by atoms with E-state index >= 15 is 0 Å². The molecular weight excluding hydrogens is 353 g/mol. The van der Waals surface area contributed by atoms with E-state index in [1.807, 2.05) is 0 Å². The maximum atomic E-state index is 12.5. The van der Waals surface area contributed by atoms with Crippen molar-refractivity contribution < 1.29 is 19.1 Å². The standard InChI is InChI=1S/C17H11Cl2NO4/c1-24-17(23)10-4-2-3-9(5-10)8-20-15(21)11-6-13(18)14(19)7-12(11)16(20)22/h2-7H,8H2,1H3. The molecule has 3 rings (SSSR count). The number of benzene rings is 2. The zero-order chi connectivity index (χ0) is 17.4. The summed E-state index contributed by atoms with van der Waals surface area (Å²) in [4.78, 5) is 37.6. The summed E-state index contributed by atoms with van der Waals surface area (Å²) in [5.74, 6) is -1.38. The van der Waals surface area contributed by atoms with Crippen LogP contribution in [0.3, 0.4) is 0 Å². The highest BCUT2D eigenvalue weighted by molar-refractivity contribution is 6.43. The van der Waals surface area contributed by atoms with Crippen molar-refractivity contribution in [3.8, 4) is 0 Å². The molecule has 0 radical (unpaired) electrons. The monoisotopic (exact) mass is 363 g/mol. The fraction of sp³-hybridized carbons (Fsp3) is 0.118. The lowest BCUT2D eigenvalue weighted by atomic mass is 10.1. The van der Waals surface area contributed by atoms with E-state index in [0.29, 0.717) is 11.1 Å². The van der Waals surface area contributed by atoms with Gasteiger partial charge in [0, 0.05) is 0 Å². The number of nitrogens with zero attached hydrogens (tertiary/aromatic N) is 1. The third-order valence-electron chi connectivity index (χ3n) is 3.70. The van der Waals surface area contributed by atoms with Gasteiger partial charge in [-0.2, -0.15) is 0 Å². The van der Waals surface area contributed by atoms with Crippen LogP contribution in [0.4, 0.5) is 0 Å². The molecule has 0 unspecified atom stereocenters. The van der Waals surface area contributed by atoms with Gasteiger partial charge in [-0.25, -0.2) is 4.79 Å². The Labute approximate surface area is 147 Å². The molecule has 1 aliphatic heterocycles. The van der Waals surface area contributed by atoms with Crippen LogP contribution in [0.2, 0.25) is 10.0 Å². The van der Waals surface area contributed by atoms with Crippen molar-refractivity contribution in [3.05, 3.63) is 68.7 Å². The first-order chi connectivity index (χ1) is 11.4. The maximum Gasteiger partial charge on any atom is 0.337 e. The van der Waals surface area contributed by atoms with E-state index < -0.39 is 17.8 Å². The first kappa shape index (κ1) is 16.5. The average molecular weight is 364 g/mol. The highest BCUT2D eigenvalue weighted by atomic mass is 35.5. The van der Waals surface area contributed by atoms with Crippen LogP contribution in [-0.4, -0.2) is 29.8 Å². The summed E-state index contributed by atoms with van der Waals surface area (Å²) in [5, 5.41) is 0.428. The number of fused-ring (bicyclic) bond motifs is 1. The molecule has 0 atom stereocenters. The van der Waals surface area contributed by atoms with Crippen molar-refractivity contribution in [2.45, 2.75) is 6.54 Å². The molecule has 0 saturated heterocycles. The summed E-state index contributed by atoms with van der Waals surface area (Å²) in [6.45, 7) is 0.0341. The first-order valence-corrected chi connectivity index (χ1v) is 7.70. The number of hydrogen-bond acceptors (Lipinski definition) is 4. The Kier molecular flexibility index (Phi) is 4.30. The second-order valence-corrected chi connectivity index (χ2v) is 6.01. The lowest BCUT2D eigenvalue weighted by Gasteiger charge is -2.14. The fourth-order valence-corrected chi connectivity index (χ4v) is 2.85. The van der Waals surface area contributed by atoms with Crippen molar-refractivity contribution >= 4 is 41.0 Å². The number of carbonyl (C=O) groups is 3. The summed E-state index contributed by atoms with van der Waals surface area (Å²) in [6.07, 6.45) is 0. The van der Waals surface area contributed by atoms with E-state index in [2.05, 4.69) is 4.74 Å². The summed E-state index contributed by atoms with van der Waals surface area (Å²) in [7, 11) is 1.28. The molecule has 2 aromatic carbocycles. The molecule has 24 heavy (non-hydrogen) atoms. The Morgan fingerprint density at radius 2 is 1.62 bits per heavy atom. The van der Waals surface area contributed by atoms with E-state index in [4.69, 9.17) is 23.2 Å². The molecule has 7 heteroatoms. The van der Waals surface area contributed by atoms with Crippen LogP contribution in [-0.2, 0) is 11.3 Å². The smallest absolute Gasteiger partial charge is 0.337 e. The Morgan fingerprint density at radius 3 is 2.17 bits per heavy atom. The predicted octanol–water partition coefficient (Wildman–Crippen LogP) is 3.58. The highest BCUT2D eigenvalue weighted by Gasteiger charge is 2.36. The number of halogens is 2. The van der Waals surface area contributed by atoms with Crippen molar-refractivity contribution in [1.82, 2.24) is 4.90 Å². The Morgan fingerprint density at radius 1 is 1.04 bits per heavy atom. The number of carbonyl (C=O) groups excluding carboxylic acids is 3. The third-order valence-corrected chi connectivity index (χ3v) is 4.42. The van der Waals surface area contributed by atoms with Gasteiger partial charge in [-0.1, -0.05) is 35.3 Å². The molecule has 0 aliphatic carbocycles. The van der Waals surface area contributed by atoms with E-state index in [1.54, 1.807) is 24.3 Å². The zero-order valence-electron chi connectivity index (χ0n) is 12.5. The van der Waals surface area contributed by atoms with Crippen LogP contribution in [0.5, 0.6) is 0 Å². The van der Waals surface area contributed by atoms with Crippen LogP contribution in [0.25, 0.3) is 0 Å². The van der Waals surface area contributed by atoms with Gasteiger partial charge < -0.3 is 4.74 Å². The number of esters is 1. The molecule has 0 spiro atoms. The van der Waals surface area contributed by atoms with Gasteiger partial charge in [0.05, 0.1) is 40.4 Å². The molecule has 2 aromatic rings. The Bertz CT molecular complexity index is 838. The van der Waals surface area contributed by atoms with Gasteiger partial charge in [-0.05, 0) is 29.8 Å². The van der Waals surface area contributed by atoms with Crippen LogP contribution in [0, 0.1) is 0 Å². The number of amides is 2. The summed E-state index contributed by atoms with van der Waals surface area (Å²) in [5.41, 5.74) is 1.42. The lowest BCUT2D eigenvalue weighted by Crippen LogP contribution is -2.29. The quantitative estimate of drug-likeness (QED) is 0.617. The normalized spacial score (nSPS) is 13.2. The topological polar surface area (TPSA) is 63.7 Å². The number of methoxy groups -OCH3 is 1. The fourth-order valence-electron chi connectivity index (χ4n) is 2.52. The third kappa shape index (κ3) is 2.77. The highest BCUT2D eigenvalue weighted by Crippen LogP contribution is 2.32. The maximum absolute atomic E-state index is 12.5. The molecule has 1 aliphatic rings. The summed E-state index contributed by atoms with van der Waals surface area (Å²) in [6, 6.07) is 9.34. The SMILES string of the molecule is COC(=O)c1cccc(CN2C(=O)c3cc(Cl)c(Cl)cc3C2=O)c1. The lowest BCUT2D eigenvalue weighted by molar-refractivity contribution is 0.0599. The molecule has 5 nitrogen and oxygen atoms in total. The molecule has 0 aromatic heterocycles. The van der Waals surface area contributed by atoms with Gasteiger partial charge in [0.15, 0.2) is 0 Å². The van der Waals surface area contributed by atoms with Gasteiger partial charge in [0.1, 0.15) is 0 Å². The van der Waals surface area contributed by atoms with E-state index in [-0.39, 0.29) is 27.7 Å². The zero-order valence-corrected chi connectivity index (χ0v) is 14.0. The minimum Gasteiger partial charge on any atom is -0.465 e. The molecule has 2 amide bonds. The van der Waals surface area contributed by atoms with Gasteiger partial charge in [0.2, 0.25) is 0 Å². The van der Waals surface area contributed by atoms with Crippen LogP contribution in [0.15, 0.2) is 36.4 Å². The number of ether oxygens (including phenoxy) is 1. The van der Waals surface area contributed by atoms with Gasteiger partial charge >= 0.3 is 5.97 Å².